The number of rotatable bonds is 6. The second-order valence-electron chi connectivity index (χ2n) is 6.83. The number of halogens is 2. The summed E-state index contributed by atoms with van der Waals surface area (Å²) in [6.07, 6.45) is 1.04. The standard InChI is InChI=1S/C22H17ClFNO3S2/c1-14-17(18-11-15(24)7-8-19(18)25(14)9-10-26)12-20-21(13-22(23)29-20)30(27,28)16-5-3-2-4-6-16/h2-8,10-11,13H,9,12H2,1H3. The number of benzene rings is 2. The molecule has 0 saturated heterocycles. The Kier molecular flexibility index (Phi) is 5.53. The van der Waals surface area contributed by atoms with E-state index in [0.29, 0.717) is 14.6 Å². The molecule has 0 amide bonds. The predicted molar refractivity (Wildman–Crippen MR) is 117 cm³/mol. The van der Waals surface area contributed by atoms with Gasteiger partial charge in [-0.2, -0.15) is 0 Å². The maximum Gasteiger partial charge on any atom is 0.207 e. The van der Waals surface area contributed by atoms with Crippen LogP contribution in [0.2, 0.25) is 4.34 Å². The van der Waals surface area contributed by atoms with E-state index in [1.165, 1.54) is 29.5 Å². The summed E-state index contributed by atoms with van der Waals surface area (Å²) in [6.45, 7) is 1.98. The van der Waals surface area contributed by atoms with Crippen LogP contribution in [0.1, 0.15) is 16.1 Å². The number of carbonyl (C=O) groups is 1. The monoisotopic (exact) mass is 461 g/mol. The lowest BCUT2D eigenvalue weighted by atomic mass is 10.1. The Morgan fingerprint density at radius 3 is 2.57 bits per heavy atom. The zero-order valence-electron chi connectivity index (χ0n) is 15.9. The van der Waals surface area contributed by atoms with Gasteiger partial charge in [0.25, 0.3) is 0 Å². The molecule has 154 valence electrons. The Bertz CT molecular complexity index is 1360. The minimum absolute atomic E-state index is 0.133. The molecule has 4 nitrogen and oxygen atoms in total. The van der Waals surface area contributed by atoms with Gasteiger partial charge in [0.1, 0.15) is 12.1 Å². The van der Waals surface area contributed by atoms with Gasteiger partial charge in [0.15, 0.2) is 0 Å². The smallest absolute Gasteiger partial charge is 0.207 e. The maximum absolute atomic E-state index is 14.0. The molecule has 4 aromatic rings. The predicted octanol–water partition coefficient (Wildman–Crippen LogP) is 5.43. The summed E-state index contributed by atoms with van der Waals surface area (Å²) in [5.41, 5.74) is 2.29. The molecule has 0 aliphatic heterocycles. The van der Waals surface area contributed by atoms with Crippen LogP contribution in [0.25, 0.3) is 10.9 Å². The van der Waals surface area contributed by atoms with E-state index in [0.717, 1.165) is 23.1 Å². The largest absolute Gasteiger partial charge is 0.337 e. The first-order valence-electron chi connectivity index (χ1n) is 9.12. The first-order valence-corrected chi connectivity index (χ1v) is 11.8. The van der Waals surface area contributed by atoms with Gasteiger partial charge >= 0.3 is 0 Å². The average Bonchev–Trinajstić information content (AvgIpc) is 3.22. The lowest BCUT2D eigenvalue weighted by molar-refractivity contribution is -0.108. The summed E-state index contributed by atoms with van der Waals surface area (Å²) >= 11 is 7.39. The molecule has 0 spiro atoms. The molecule has 2 heterocycles. The van der Waals surface area contributed by atoms with Gasteiger partial charge in [-0.25, -0.2) is 12.8 Å². The van der Waals surface area contributed by atoms with Crippen LogP contribution in [0.5, 0.6) is 0 Å². The third-order valence-corrected chi connectivity index (χ3v) is 8.32. The van der Waals surface area contributed by atoms with Gasteiger partial charge in [0, 0.05) is 27.9 Å². The van der Waals surface area contributed by atoms with Gasteiger partial charge in [0.2, 0.25) is 9.84 Å². The lowest BCUT2D eigenvalue weighted by Crippen LogP contribution is -2.04. The molecule has 0 atom stereocenters. The Balaban J connectivity index is 1.88. The number of aromatic nitrogens is 1. The van der Waals surface area contributed by atoms with Crippen LogP contribution in [-0.2, 0) is 27.6 Å². The van der Waals surface area contributed by atoms with Crippen molar-refractivity contribution in [3.63, 3.8) is 0 Å². The van der Waals surface area contributed by atoms with Crippen molar-refractivity contribution in [3.8, 4) is 0 Å². The SMILES string of the molecule is Cc1c(Cc2sc(Cl)cc2S(=O)(=O)c2ccccc2)c2cc(F)ccc2n1CC=O. The minimum Gasteiger partial charge on any atom is -0.337 e. The molecular formula is C22H17ClFNO3S2. The molecular weight excluding hydrogens is 445 g/mol. The van der Waals surface area contributed by atoms with Gasteiger partial charge < -0.3 is 9.36 Å². The molecule has 0 fully saturated rings. The number of sulfone groups is 1. The number of fused-ring (bicyclic) bond motifs is 1. The van der Waals surface area contributed by atoms with E-state index >= 15 is 0 Å². The first kappa shape index (κ1) is 20.8. The van der Waals surface area contributed by atoms with E-state index in [2.05, 4.69) is 0 Å². The van der Waals surface area contributed by atoms with Crippen molar-refractivity contribution in [2.45, 2.75) is 29.7 Å². The molecule has 0 N–H and O–H groups in total. The van der Waals surface area contributed by atoms with E-state index in [9.17, 15) is 17.6 Å². The topological polar surface area (TPSA) is 56.1 Å². The second kappa shape index (κ2) is 7.98. The number of carbonyl (C=O) groups excluding carboxylic acids is 1. The zero-order chi connectivity index (χ0) is 21.5. The maximum atomic E-state index is 14.0. The van der Waals surface area contributed by atoms with Gasteiger partial charge in [-0.1, -0.05) is 29.8 Å². The molecule has 0 radical (unpaired) electrons. The van der Waals surface area contributed by atoms with Crippen LogP contribution < -0.4 is 0 Å². The number of aldehydes is 1. The highest BCUT2D eigenvalue weighted by Gasteiger charge is 2.25. The zero-order valence-corrected chi connectivity index (χ0v) is 18.3. The van der Waals surface area contributed by atoms with Crippen molar-refractivity contribution in [1.82, 2.24) is 4.57 Å². The van der Waals surface area contributed by atoms with E-state index in [-0.39, 0.29) is 22.8 Å². The van der Waals surface area contributed by atoms with Crippen molar-refractivity contribution < 1.29 is 17.6 Å². The van der Waals surface area contributed by atoms with Crippen LogP contribution in [0.3, 0.4) is 0 Å². The number of hydrogen-bond acceptors (Lipinski definition) is 4. The summed E-state index contributed by atoms with van der Waals surface area (Å²) in [7, 11) is -3.76. The fourth-order valence-corrected chi connectivity index (χ4v) is 6.86. The Morgan fingerprint density at radius 1 is 1.13 bits per heavy atom. The van der Waals surface area contributed by atoms with Crippen molar-refractivity contribution in [1.29, 1.82) is 0 Å². The van der Waals surface area contributed by atoms with Crippen molar-refractivity contribution in [3.05, 3.63) is 80.9 Å². The van der Waals surface area contributed by atoms with E-state index < -0.39 is 15.7 Å². The van der Waals surface area contributed by atoms with E-state index in [4.69, 9.17) is 11.6 Å². The van der Waals surface area contributed by atoms with Crippen LogP contribution in [0.4, 0.5) is 4.39 Å². The number of thiophene rings is 1. The Morgan fingerprint density at radius 2 is 1.87 bits per heavy atom. The first-order chi connectivity index (χ1) is 14.3. The number of hydrogen-bond donors (Lipinski definition) is 0. The van der Waals surface area contributed by atoms with Crippen LogP contribution in [0, 0.1) is 12.7 Å². The van der Waals surface area contributed by atoms with Gasteiger partial charge in [0.05, 0.1) is 20.7 Å². The second-order valence-corrected chi connectivity index (χ2v) is 10.5. The van der Waals surface area contributed by atoms with Crippen LogP contribution >= 0.6 is 22.9 Å². The summed E-state index contributed by atoms with van der Waals surface area (Å²) < 4.78 is 42.6. The highest BCUT2D eigenvalue weighted by atomic mass is 35.5. The Hall–Kier alpha value is -2.48. The van der Waals surface area contributed by atoms with Crippen LogP contribution in [-0.4, -0.2) is 19.3 Å². The van der Waals surface area contributed by atoms with Crippen molar-refractivity contribution in [2.24, 2.45) is 0 Å². The quantitative estimate of drug-likeness (QED) is 0.360. The highest BCUT2D eigenvalue weighted by Crippen LogP contribution is 2.37. The van der Waals surface area contributed by atoms with E-state index in [1.54, 1.807) is 41.0 Å². The lowest BCUT2D eigenvalue weighted by Gasteiger charge is -2.07. The molecule has 4 rings (SSSR count). The molecule has 30 heavy (non-hydrogen) atoms. The molecule has 0 aliphatic rings. The highest BCUT2D eigenvalue weighted by molar-refractivity contribution is 7.91. The van der Waals surface area contributed by atoms with E-state index in [1.807, 2.05) is 6.92 Å². The van der Waals surface area contributed by atoms with Gasteiger partial charge in [-0.05, 0) is 48.9 Å². The minimum atomic E-state index is -3.76. The fourth-order valence-electron chi connectivity index (χ4n) is 3.68. The third kappa shape index (κ3) is 3.57. The summed E-state index contributed by atoms with van der Waals surface area (Å²) in [6, 6.07) is 14.0. The fraction of sp³-hybridized carbons (Fsp3) is 0.136. The summed E-state index contributed by atoms with van der Waals surface area (Å²) in [5.74, 6) is -0.395. The molecule has 0 saturated carbocycles. The molecule has 8 heteroatoms. The van der Waals surface area contributed by atoms with Crippen molar-refractivity contribution in [2.75, 3.05) is 0 Å². The number of nitrogens with zero attached hydrogens (tertiary/aromatic N) is 1. The molecule has 0 aliphatic carbocycles. The van der Waals surface area contributed by atoms with Crippen molar-refractivity contribution >= 4 is 50.0 Å². The molecule has 2 aromatic heterocycles. The average molecular weight is 462 g/mol. The van der Waals surface area contributed by atoms with Crippen LogP contribution in [0.15, 0.2) is 64.4 Å². The Labute approximate surface area is 182 Å². The van der Waals surface area contributed by atoms with Gasteiger partial charge in [-0.3, -0.25) is 0 Å². The molecule has 2 aromatic carbocycles. The molecule has 0 bridgehead atoms. The van der Waals surface area contributed by atoms with Gasteiger partial charge in [-0.15, -0.1) is 11.3 Å². The third-order valence-electron chi connectivity index (χ3n) is 5.09. The summed E-state index contributed by atoms with van der Waals surface area (Å²) in [5, 5.41) is 0.655. The summed E-state index contributed by atoms with van der Waals surface area (Å²) in [4.78, 5) is 12.1. The normalized spacial score (nSPS) is 11.8. The molecule has 0 unspecified atom stereocenters.